The minimum Gasteiger partial charge on any atom is -0.502 e. The van der Waals surface area contributed by atoms with Crippen LogP contribution in [0.4, 0.5) is 0 Å². The summed E-state index contributed by atoms with van der Waals surface area (Å²) in [5, 5.41) is 9.52. The van der Waals surface area contributed by atoms with Crippen molar-refractivity contribution in [2.75, 3.05) is 7.11 Å². The Morgan fingerprint density at radius 1 is 1.20 bits per heavy atom. The zero-order chi connectivity index (χ0) is 17.8. The Labute approximate surface area is 142 Å². The Morgan fingerprint density at radius 2 is 1.96 bits per heavy atom. The lowest BCUT2D eigenvalue weighted by Gasteiger charge is -2.04. The van der Waals surface area contributed by atoms with Gasteiger partial charge in [-0.1, -0.05) is 30.3 Å². The van der Waals surface area contributed by atoms with E-state index in [1.165, 1.54) is 6.33 Å². The van der Waals surface area contributed by atoms with Crippen LogP contribution < -0.4 is 0 Å². The standard InChI is InChI=1S/C17H14N4O4/c1-25-17(24)13(23)7-12(22)14-15-16(19-9-18-14)21(10-20-15)8-11-5-3-2-4-6-11/h2-7,9-10,23H,8H2,1H3/b13-7-. The van der Waals surface area contributed by atoms with Gasteiger partial charge in [0.1, 0.15) is 17.5 Å². The van der Waals surface area contributed by atoms with Crippen molar-refractivity contribution in [3.63, 3.8) is 0 Å². The van der Waals surface area contributed by atoms with E-state index in [1.54, 1.807) is 10.9 Å². The fourth-order valence-corrected chi connectivity index (χ4v) is 2.31. The van der Waals surface area contributed by atoms with Gasteiger partial charge in [-0.3, -0.25) is 4.79 Å². The fraction of sp³-hybridized carbons (Fsp3) is 0.118. The number of fused-ring (bicyclic) bond motifs is 1. The van der Waals surface area contributed by atoms with E-state index in [0.717, 1.165) is 18.7 Å². The van der Waals surface area contributed by atoms with Gasteiger partial charge in [0, 0.05) is 6.08 Å². The molecule has 3 aromatic rings. The second-order valence-corrected chi connectivity index (χ2v) is 5.14. The average Bonchev–Trinajstić information content (AvgIpc) is 3.04. The second kappa shape index (κ2) is 6.91. The molecule has 0 saturated carbocycles. The number of aromatic nitrogens is 4. The molecule has 2 aromatic heterocycles. The second-order valence-electron chi connectivity index (χ2n) is 5.14. The largest absolute Gasteiger partial charge is 0.502 e. The molecule has 0 aliphatic rings. The number of aliphatic hydroxyl groups excluding tert-OH is 1. The molecule has 3 rings (SSSR count). The SMILES string of the molecule is COC(=O)/C(O)=C/C(=O)c1ncnc2c1ncn2Cc1ccccc1. The van der Waals surface area contributed by atoms with Crippen molar-refractivity contribution in [2.45, 2.75) is 6.54 Å². The maximum Gasteiger partial charge on any atom is 0.373 e. The molecule has 1 aromatic carbocycles. The summed E-state index contributed by atoms with van der Waals surface area (Å²) in [6, 6.07) is 9.72. The monoisotopic (exact) mass is 338 g/mol. The number of hydrogen-bond donors (Lipinski definition) is 1. The number of benzene rings is 1. The van der Waals surface area contributed by atoms with Crippen LogP contribution in [0.5, 0.6) is 0 Å². The van der Waals surface area contributed by atoms with Crippen molar-refractivity contribution >= 4 is 22.9 Å². The molecule has 1 N–H and O–H groups in total. The highest BCUT2D eigenvalue weighted by molar-refractivity contribution is 6.12. The first-order valence-electron chi connectivity index (χ1n) is 7.33. The quantitative estimate of drug-likeness (QED) is 0.326. The van der Waals surface area contributed by atoms with E-state index in [-0.39, 0.29) is 11.2 Å². The number of hydrogen-bond acceptors (Lipinski definition) is 7. The number of ether oxygens (including phenoxy) is 1. The lowest BCUT2D eigenvalue weighted by molar-refractivity contribution is -0.139. The van der Waals surface area contributed by atoms with Gasteiger partial charge in [-0.2, -0.15) is 0 Å². The van der Waals surface area contributed by atoms with Crippen molar-refractivity contribution in [1.29, 1.82) is 0 Å². The van der Waals surface area contributed by atoms with Crippen molar-refractivity contribution in [3.8, 4) is 0 Å². The first kappa shape index (κ1) is 16.3. The first-order valence-corrected chi connectivity index (χ1v) is 7.33. The van der Waals surface area contributed by atoms with Gasteiger partial charge in [0.2, 0.25) is 11.5 Å². The number of imidazole rings is 1. The Kier molecular flexibility index (Phi) is 4.51. The van der Waals surface area contributed by atoms with E-state index in [0.29, 0.717) is 12.2 Å². The summed E-state index contributed by atoms with van der Waals surface area (Å²) < 4.78 is 6.13. The van der Waals surface area contributed by atoms with Crippen LogP contribution in [-0.4, -0.2) is 43.5 Å². The first-order chi connectivity index (χ1) is 12.1. The van der Waals surface area contributed by atoms with Crippen molar-refractivity contribution < 1.29 is 19.4 Å². The number of nitrogens with zero attached hydrogens (tertiary/aromatic N) is 4. The van der Waals surface area contributed by atoms with E-state index < -0.39 is 17.5 Å². The molecular formula is C17H14N4O4. The van der Waals surface area contributed by atoms with Gasteiger partial charge in [-0.15, -0.1) is 0 Å². The number of carbonyl (C=O) groups is 2. The number of ketones is 1. The Hall–Kier alpha value is -3.55. The predicted octanol–water partition coefficient (Wildman–Crippen LogP) is 1.67. The number of rotatable bonds is 5. The Morgan fingerprint density at radius 3 is 2.68 bits per heavy atom. The number of aliphatic hydroxyl groups is 1. The summed E-state index contributed by atoms with van der Waals surface area (Å²) in [4.78, 5) is 35.8. The molecule has 126 valence electrons. The van der Waals surface area contributed by atoms with Gasteiger partial charge >= 0.3 is 5.97 Å². The molecule has 0 radical (unpaired) electrons. The minimum absolute atomic E-state index is 0.00716. The summed E-state index contributed by atoms with van der Waals surface area (Å²) in [6.45, 7) is 0.533. The summed E-state index contributed by atoms with van der Waals surface area (Å²) in [5.74, 6) is -2.48. The van der Waals surface area contributed by atoms with Crippen LogP contribution in [0, 0.1) is 0 Å². The zero-order valence-electron chi connectivity index (χ0n) is 13.3. The molecule has 0 atom stereocenters. The number of carbonyl (C=O) groups excluding carboxylic acids is 2. The third-order valence-electron chi connectivity index (χ3n) is 3.49. The number of methoxy groups -OCH3 is 1. The zero-order valence-corrected chi connectivity index (χ0v) is 13.3. The highest BCUT2D eigenvalue weighted by Gasteiger charge is 2.18. The van der Waals surface area contributed by atoms with E-state index in [2.05, 4.69) is 19.7 Å². The minimum atomic E-state index is -1.01. The highest BCUT2D eigenvalue weighted by atomic mass is 16.5. The van der Waals surface area contributed by atoms with Crippen LogP contribution in [-0.2, 0) is 16.1 Å². The van der Waals surface area contributed by atoms with Crippen molar-refractivity contribution in [1.82, 2.24) is 19.5 Å². The Balaban J connectivity index is 1.96. The fourth-order valence-electron chi connectivity index (χ4n) is 2.31. The van der Waals surface area contributed by atoms with Gasteiger partial charge in [0.25, 0.3) is 0 Å². The van der Waals surface area contributed by atoms with Gasteiger partial charge in [0.05, 0.1) is 20.0 Å². The lowest BCUT2D eigenvalue weighted by atomic mass is 10.2. The number of allylic oxidation sites excluding steroid dienone is 1. The van der Waals surface area contributed by atoms with Gasteiger partial charge in [-0.05, 0) is 5.56 Å². The average molecular weight is 338 g/mol. The normalized spacial score (nSPS) is 11.5. The topological polar surface area (TPSA) is 107 Å². The molecule has 0 aliphatic heterocycles. The summed E-state index contributed by atoms with van der Waals surface area (Å²) in [6.07, 6.45) is 3.55. The maximum atomic E-state index is 12.3. The van der Waals surface area contributed by atoms with E-state index in [1.807, 2.05) is 30.3 Å². The van der Waals surface area contributed by atoms with Gasteiger partial charge in [-0.25, -0.2) is 19.7 Å². The molecule has 2 heterocycles. The summed E-state index contributed by atoms with van der Waals surface area (Å²) in [7, 11) is 1.10. The summed E-state index contributed by atoms with van der Waals surface area (Å²) in [5.41, 5.74) is 1.81. The van der Waals surface area contributed by atoms with E-state index in [9.17, 15) is 14.7 Å². The van der Waals surface area contributed by atoms with E-state index in [4.69, 9.17) is 0 Å². The lowest BCUT2D eigenvalue weighted by Crippen LogP contribution is -2.09. The van der Waals surface area contributed by atoms with Crippen LogP contribution >= 0.6 is 0 Å². The molecule has 0 amide bonds. The van der Waals surface area contributed by atoms with Crippen molar-refractivity contribution in [2.24, 2.45) is 0 Å². The van der Waals surface area contributed by atoms with Gasteiger partial charge in [0.15, 0.2) is 5.65 Å². The van der Waals surface area contributed by atoms with Crippen LogP contribution in [0.1, 0.15) is 16.1 Å². The molecule has 0 unspecified atom stereocenters. The predicted molar refractivity (Wildman–Crippen MR) is 87.9 cm³/mol. The van der Waals surface area contributed by atoms with Crippen LogP contribution in [0.2, 0.25) is 0 Å². The van der Waals surface area contributed by atoms with Gasteiger partial charge < -0.3 is 14.4 Å². The molecule has 0 fully saturated rings. The molecule has 0 bridgehead atoms. The molecule has 25 heavy (non-hydrogen) atoms. The highest BCUT2D eigenvalue weighted by Crippen LogP contribution is 2.16. The van der Waals surface area contributed by atoms with Crippen LogP contribution in [0.25, 0.3) is 11.2 Å². The van der Waals surface area contributed by atoms with Crippen molar-refractivity contribution in [3.05, 3.63) is 66.1 Å². The van der Waals surface area contributed by atoms with E-state index >= 15 is 0 Å². The molecule has 0 saturated heterocycles. The molecular weight excluding hydrogens is 324 g/mol. The maximum absolute atomic E-state index is 12.3. The molecule has 0 spiro atoms. The Bertz CT molecular complexity index is 963. The number of esters is 1. The third kappa shape index (κ3) is 3.37. The molecule has 0 aliphatic carbocycles. The summed E-state index contributed by atoms with van der Waals surface area (Å²) >= 11 is 0. The third-order valence-corrected chi connectivity index (χ3v) is 3.49. The van der Waals surface area contributed by atoms with Crippen LogP contribution in [0.3, 0.4) is 0 Å². The molecule has 8 nitrogen and oxygen atoms in total. The molecule has 8 heteroatoms. The smallest absolute Gasteiger partial charge is 0.373 e. The van der Waals surface area contributed by atoms with Crippen LogP contribution in [0.15, 0.2) is 54.8 Å².